The lowest BCUT2D eigenvalue weighted by molar-refractivity contribution is 0.103. The summed E-state index contributed by atoms with van der Waals surface area (Å²) in [6.07, 6.45) is -0.873. The highest BCUT2D eigenvalue weighted by atomic mass is 35.5. The maximum atomic E-state index is 13.6. The molecule has 0 bridgehead atoms. The summed E-state index contributed by atoms with van der Waals surface area (Å²) in [6.45, 7) is 3.95. The molecule has 0 amide bonds. The van der Waals surface area contributed by atoms with Crippen molar-refractivity contribution >= 4 is 11.6 Å². The third-order valence-corrected chi connectivity index (χ3v) is 3.30. The maximum absolute atomic E-state index is 13.6. The van der Waals surface area contributed by atoms with Crippen LogP contribution in [0.1, 0.15) is 11.7 Å². The molecule has 1 saturated heterocycles. The second-order valence-corrected chi connectivity index (χ2v) is 4.61. The van der Waals surface area contributed by atoms with Crippen molar-refractivity contribution in [2.75, 3.05) is 32.7 Å². The van der Waals surface area contributed by atoms with E-state index in [0.717, 1.165) is 26.2 Å². The lowest BCUT2D eigenvalue weighted by Gasteiger charge is -2.29. The lowest BCUT2D eigenvalue weighted by Crippen LogP contribution is -2.45. The van der Waals surface area contributed by atoms with Gasteiger partial charge in [0, 0.05) is 43.3 Å². The molecule has 0 aromatic heterocycles. The van der Waals surface area contributed by atoms with Crippen molar-refractivity contribution in [2.24, 2.45) is 0 Å². The molecule has 3 nitrogen and oxygen atoms in total. The molecule has 0 saturated carbocycles. The fourth-order valence-corrected chi connectivity index (χ4v) is 2.35. The van der Waals surface area contributed by atoms with Gasteiger partial charge in [0.15, 0.2) is 0 Å². The summed E-state index contributed by atoms with van der Waals surface area (Å²) in [5.74, 6) is -0.444. The molecule has 2 N–H and O–H groups in total. The van der Waals surface area contributed by atoms with Gasteiger partial charge in [-0.1, -0.05) is 17.7 Å². The molecule has 1 atom stereocenters. The van der Waals surface area contributed by atoms with Crippen LogP contribution in [0.5, 0.6) is 0 Å². The molecule has 0 spiro atoms. The van der Waals surface area contributed by atoms with Crippen LogP contribution in [0, 0.1) is 5.82 Å². The zero-order valence-electron chi connectivity index (χ0n) is 9.50. The first-order chi connectivity index (χ1) is 8.18. The number of benzene rings is 1. The number of aliphatic hydroxyl groups is 1. The van der Waals surface area contributed by atoms with E-state index in [4.69, 9.17) is 11.6 Å². The third-order valence-electron chi connectivity index (χ3n) is 2.97. The summed E-state index contributed by atoms with van der Waals surface area (Å²) < 4.78 is 13.6. The quantitative estimate of drug-likeness (QED) is 0.861. The standard InChI is InChI=1S/C12H16ClFN2O/c13-9-2-1-3-10(14)12(9)11(17)8-16-6-4-15-5-7-16/h1-3,11,15,17H,4-8H2. The average Bonchev–Trinajstić information content (AvgIpc) is 2.30. The number of rotatable bonds is 3. The Morgan fingerprint density at radius 3 is 2.76 bits per heavy atom. The van der Waals surface area contributed by atoms with Crippen molar-refractivity contribution in [3.63, 3.8) is 0 Å². The summed E-state index contributed by atoms with van der Waals surface area (Å²) >= 11 is 5.91. The van der Waals surface area contributed by atoms with Gasteiger partial charge in [0.2, 0.25) is 0 Å². The van der Waals surface area contributed by atoms with Gasteiger partial charge in [-0.15, -0.1) is 0 Å². The summed E-state index contributed by atoms with van der Waals surface area (Å²) in [5, 5.41) is 13.6. The molecule has 1 unspecified atom stereocenters. The van der Waals surface area contributed by atoms with Crippen LogP contribution >= 0.6 is 11.6 Å². The Morgan fingerprint density at radius 1 is 1.41 bits per heavy atom. The summed E-state index contributed by atoms with van der Waals surface area (Å²) in [4.78, 5) is 2.10. The smallest absolute Gasteiger partial charge is 0.130 e. The van der Waals surface area contributed by atoms with Crippen LogP contribution in [0.15, 0.2) is 18.2 Å². The van der Waals surface area contributed by atoms with E-state index in [2.05, 4.69) is 10.2 Å². The zero-order valence-corrected chi connectivity index (χ0v) is 10.3. The normalized spacial score (nSPS) is 19.2. The summed E-state index contributed by atoms with van der Waals surface area (Å²) in [5.41, 5.74) is 0.202. The molecular formula is C12H16ClFN2O. The Bertz CT molecular complexity index is 363. The van der Waals surface area contributed by atoms with Crippen LogP contribution in [-0.4, -0.2) is 42.7 Å². The number of piperazine rings is 1. The first kappa shape index (κ1) is 12.8. The molecule has 5 heteroatoms. The monoisotopic (exact) mass is 258 g/mol. The molecular weight excluding hydrogens is 243 g/mol. The highest BCUT2D eigenvalue weighted by Gasteiger charge is 2.20. The van der Waals surface area contributed by atoms with Crippen molar-refractivity contribution < 1.29 is 9.50 Å². The Morgan fingerprint density at radius 2 is 2.12 bits per heavy atom. The predicted molar refractivity (Wildman–Crippen MR) is 65.7 cm³/mol. The Balaban J connectivity index is 2.05. The molecule has 1 aliphatic heterocycles. The minimum absolute atomic E-state index is 0.202. The Kier molecular flexibility index (Phi) is 4.34. The van der Waals surface area contributed by atoms with E-state index in [0.29, 0.717) is 6.54 Å². The number of halogens is 2. The second-order valence-electron chi connectivity index (χ2n) is 4.20. The molecule has 0 aliphatic carbocycles. The van der Waals surface area contributed by atoms with Crippen molar-refractivity contribution in [2.45, 2.75) is 6.10 Å². The molecule has 1 aliphatic rings. The van der Waals surface area contributed by atoms with Crippen molar-refractivity contribution in [1.82, 2.24) is 10.2 Å². The van der Waals surface area contributed by atoms with Gasteiger partial charge in [0.25, 0.3) is 0 Å². The van der Waals surface area contributed by atoms with Gasteiger partial charge >= 0.3 is 0 Å². The largest absolute Gasteiger partial charge is 0.387 e. The Hall–Kier alpha value is -0.680. The van der Waals surface area contributed by atoms with Crippen molar-refractivity contribution in [1.29, 1.82) is 0 Å². The molecule has 94 valence electrons. The van der Waals surface area contributed by atoms with Crippen LogP contribution in [0.2, 0.25) is 5.02 Å². The first-order valence-electron chi connectivity index (χ1n) is 5.73. The zero-order chi connectivity index (χ0) is 12.3. The van der Waals surface area contributed by atoms with Crippen LogP contribution in [-0.2, 0) is 0 Å². The lowest BCUT2D eigenvalue weighted by atomic mass is 10.1. The van der Waals surface area contributed by atoms with Gasteiger partial charge in [0.05, 0.1) is 6.10 Å². The SMILES string of the molecule is OC(CN1CCNCC1)c1c(F)cccc1Cl. The van der Waals surface area contributed by atoms with E-state index < -0.39 is 11.9 Å². The molecule has 1 aromatic carbocycles. The average molecular weight is 259 g/mol. The second kappa shape index (κ2) is 5.78. The van der Waals surface area contributed by atoms with Crippen LogP contribution < -0.4 is 5.32 Å². The predicted octanol–water partition coefficient (Wildman–Crippen LogP) is 1.42. The van der Waals surface area contributed by atoms with Gasteiger partial charge in [-0.3, -0.25) is 4.90 Å². The highest BCUT2D eigenvalue weighted by Crippen LogP contribution is 2.26. The molecule has 1 fully saturated rings. The summed E-state index contributed by atoms with van der Waals surface area (Å²) in [7, 11) is 0. The first-order valence-corrected chi connectivity index (χ1v) is 6.11. The van der Waals surface area contributed by atoms with E-state index in [-0.39, 0.29) is 10.6 Å². The minimum Gasteiger partial charge on any atom is -0.387 e. The van der Waals surface area contributed by atoms with E-state index >= 15 is 0 Å². The van der Waals surface area contributed by atoms with Gasteiger partial charge in [-0.05, 0) is 12.1 Å². The van der Waals surface area contributed by atoms with E-state index in [9.17, 15) is 9.50 Å². The molecule has 0 radical (unpaired) electrons. The van der Waals surface area contributed by atoms with Gasteiger partial charge < -0.3 is 10.4 Å². The Labute approximate surface area is 105 Å². The van der Waals surface area contributed by atoms with Crippen molar-refractivity contribution in [3.05, 3.63) is 34.6 Å². The van der Waals surface area contributed by atoms with Gasteiger partial charge in [-0.25, -0.2) is 4.39 Å². The fraction of sp³-hybridized carbons (Fsp3) is 0.500. The van der Waals surface area contributed by atoms with Crippen LogP contribution in [0.3, 0.4) is 0 Å². The minimum atomic E-state index is -0.873. The molecule has 1 heterocycles. The number of β-amino-alcohol motifs (C(OH)–C–C–N with tert-alkyl or cyclic N) is 1. The van der Waals surface area contributed by atoms with Crippen LogP contribution in [0.4, 0.5) is 4.39 Å². The number of hydrogen-bond acceptors (Lipinski definition) is 3. The van der Waals surface area contributed by atoms with E-state index in [1.54, 1.807) is 12.1 Å². The van der Waals surface area contributed by atoms with Crippen LogP contribution in [0.25, 0.3) is 0 Å². The van der Waals surface area contributed by atoms with Gasteiger partial charge in [0.1, 0.15) is 5.82 Å². The van der Waals surface area contributed by atoms with E-state index in [1.165, 1.54) is 6.07 Å². The number of nitrogens with one attached hydrogen (secondary N) is 1. The molecule has 2 rings (SSSR count). The van der Waals surface area contributed by atoms with Crippen molar-refractivity contribution in [3.8, 4) is 0 Å². The topological polar surface area (TPSA) is 35.5 Å². The molecule has 17 heavy (non-hydrogen) atoms. The fourth-order valence-electron chi connectivity index (χ4n) is 2.06. The summed E-state index contributed by atoms with van der Waals surface area (Å²) in [6, 6.07) is 4.46. The van der Waals surface area contributed by atoms with E-state index in [1.807, 2.05) is 0 Å². The van der Waals surface area contributed by atoms with Gasteiger partial charge in [-0.2, -0.15) is 0 Å². The molecule has 1 aromatic rings. The third kappa shape index (κ3) is 3.16. The number of nitrogens with zero attached hydrogens (tertiary/aromatic N) is 1. The maximum Gasteiger partial charge on any atom is 0.130 e. The number of aliphatic hydroxyl groups excluding tert-OH is 1. The number of hydrogen-bond donors (Lipinski definition) is 2. The highest BCUT2D eigenvalue weighted by molar-refractivity contribution is 6.31.